The zero-order valence-electron chi connectivity index (χ0n) is 82.9. The number of ketones is 3. The van der Waals surface area contributed by atoms with Crippen LogP contribution in [0.5, 0.6) is 0 Å². The molecular formula is C116H128N20O8. The molecule has 8 aliphatic carbocycles. The van der Waals surface area contributed by atoms with Crippen molar-refractivity contribution in [3.63, 3.8) is 0 Å². The highest BCUT2D eigenvalue weighted by Gasteiger charge is 2.31. The molecule has 740 valence electrons. The number of imidazole rings is 6. The first-order valence-corrected chi connectivity index (χ1v) is 49.9. The lowest BCUT2D eigenvalue weighted by Crippen LogP contribution is -2.25. The Morgan fingerprint density at radius 1 is 0.299 bits per heavy atom. The average molecular weight is 1930 g/mol. The summed E-state index contributed by atoms with van der Waals surface area (Å²) in [4.78, 5) is 134. The molecule has 8 aliphatic rings. The number of hydrogen-bond donors (Lipinski definition) is 8. The van der Waals surface area contributed by atoms with Gasteiger partial charge in [0.25, 0.3) is 0 Å². The van der Waals surface area contributed by atoms with Gasteiger partial charge in [-0.3, -0.25) is 63.8 Å². The number of aromatic amines is 6. The quantitative estimate of drug-likeness (QED) is 0.0244. The number of Topliss-reactive ketones (excluding diaryl/α,β-unsaturated/α-hetero) is 3. The topological polar surface area (TPSA) is 410 Å². The van der Waals surface area contributed by atoms with Crippen molar-refractivity contribution >= 4 is 47.6 Å². The highest BCUT2D eigenvalue weighted by Crippen LogP contribution is 2.35. The molecule has 0 saturated heterocycles. The Labute approximate surface area is 840 Å². The molecule has 0 spiro atoms. The largest absolute Gasteiger partial charge is 0.348 e. The number of fused-ring (bicyclic) bond motifs is 8. The van der Waals surface area contributed by atoms with Crippen molar-refractivity contribution < 1.29 is 39.5 Å². The van der Waals surface area contributed by atoms with Gasteiger partial charge in [-0.25, -0.2) is 40.4 Å². The number of aromatic nitrogens is 20. The molecular weight excluding hydrogens is 1800 g/mol. The van der Waals surface area contributed by atoms with Crippen LogP contribution in [0.25, 0.3) is 17.7 Å². The number of nitrogens with one attached hydrogen (secondary N) is 6. The van der Waals surface area contributed by atoms with Crippen molar-refractivity contribution in [1.82, 2.24) is 99.7 Å². The summed E-state index contributed by atoms with van der Waals surface area (Å²) in [5.41, 5.74) is 35.3. The highest BCUT2D eigenvalue weighted by molar-refractivity contribution is 6.12. The molecule has 0 amide bonds. The monoisotopic (exact) mass is 1930 g/mol. The molecule has 0 saturated carbocycles. The summed E-state index contributed by atoms with van der Waals surface area (Å²) in [7, 11) is 0. The van der Waals surface area contributed by atoms with Gasteiger partial charge in [0.2, 0.25) is 5.78 Å². The van der Waals surface area contributed by atoms with E-state index in [1.165, 1.54) is 159 Å². The first-order chi connectivity index (χ1) is 70.5. The third-order valence-corrected chi connectivity index (χ3v) is 27.2. The van der Waals surface area contributed by atoms with Gasteiger partial charge in [-0.1, -0.05) is 114 Å². The number of H-pyrrole nitrogens is 6. The number of benzene rings is 2. The predicted octanol–water partition coefficient (Wildman–Crippen LogP) is 21.3. The second kappa shape index (κ2) is 54.6. The molecule has 14 aromatic heterocycles. The van der Waals surface area contributed by atoms with Crippen LogP contribution in [0.15, 0.2) is 251 Å². The predicted molar refractivity (Wildman–Crippen MR) is 557 cm³/mol. The highest BCUT2D eigenvalue weighted by atomic mass is 17.4. The lowest BCUT2D eigenvalue weighted by molar-refractivity contribution is -0.465. The fourth-order valence-electron chi connectivity index (χ4n) is 19.1. The first-order valence-electron chi connectivity index (χ1n) is 49.9. The number of pyridine rings is 8. The third kappa shape index (κ3) is 30.3. The van der Waals surface area contributed by atoms with Gasteiger partial charge in [-0.05, 0) is 336 Å². The standard InChI is InChI=1S/C16H15N.C14H15N3O.C14H13N3O.3C14H17N3.C9H9NO.C9H11N.C7H6O.C5H6N2O.H2O3/c1-2-6-13(7-3-1)12-15-9-4-8-14-10-5-11-17-16(14)15;2*1-9-12(17-8-16-9)7-11-5-4-10-3-2-6-15-13(10)14(11)18;3*1-10-13(17-9-16-10)7-11-4-5-12-3-2-6-15-14(12)8-11;11-8-5-1-3-7-4-2-6-10-9(7)8;1-2-6-9-8(4-1)5-3-7-10-9;8-6-7-4-2-1-3-5-7;1-4-5(2-8)7-3-6-4;1-3-2/h1-3,5-7,10-12H,4,8-9H2;2-3,6,8,11H,4-5,7H2,1H3,(H,16,17);2-3,6-8H,4-5H2,1H3,(H,16,17);3*2-3,6,9,11H,4-5,7-8H2,1H3,(H,16,17);2,4,6H,1,3,5H2;3,5,7H,1-2,4,6H2;1-6H;2-3H,1H3,(H,6,7);1-2H/b;;11-7+;;;;;;;;. The van der Waals surface area contributed by atoms with Crippen LogP contribution in [0.1, 0.15) is 264 Å². The smallest absolute Gasteiger partial charge is 0.207 e. The number of carbonyl (C=O) groups is 5. The van der Waals surface area contributed by atoms with Gasteiger partial charge >= 0.3 is 0 Å². The van der Waals surface area contributed by atoms with E-state index in [1.807, 2.05) is 136 Å². The Hall–Kier alpha value is -15.4. The van der Waals surface area contributed by atoms with Crippen molar-refractivity contribution in [1.29, 1.82) is 0 Å². The molecule has 28 heteroatoms. The first kappa shape index (κ1) is 104. The molecule has 144 heavy (non-hydrogen) atoms. The molecule has 0 radical (unpaired) electrons. The minimum atomic E-state index is 0.0226. The lowest BCUT2D eigenvalue weighted by atomic mass is 9.83. The van der Waals surface area contributed by atoms with Crippen LogP contribution < -0.4 is 0 Å². The zero-order chi connectivity index (χ0) is 101. The van der Waals surface area contributed by atoms with Crippen LogP contribution >= 0.6 is 0 Å². The van der Waals surface area contributed by atoms with Gasteiger partial charge < -0.3 is 29.9 Å². The van der Waals surface area contributed by atoms with Crippen LogP contribution in [0.2, 0.25) is 0 Å². The molecule has 4 unspecified atom stereocenters. The molecule has 4 atom stereocenters. The van der Waals surface area contributed by atoms with Crippen LogP contribution in [0.3, 0.4) is 0 Å². The van der Waals surface area contributed by atoms with Gasteiger partial charge in [-0.15, -0.1) is 0 Å². The summed E-state index contributed by atoms with van der Waals surface area (Å²) in [5, 5.41) is 15.5. The Morgan fingerprint density at radius 2 is 0.660 bits per heavy atom. The Balaban J connectivity index is 0.000000128. The number of hydrogen-bond acceptors (Lipinski definition) is 22. The minimum absolute atomic E-state index is 0.0226. The molecule has 14 heterocycles. The van der Waals surface area contributed by atoms with Crippen LogP contribution in [-0.2, 0) is 108 Å². The lowest BCUT2D eigenvalue weighted by Gasteiger charge is -2.23. The summed E-state index contributed by atoms with van der Waals surface area (Å²) in [6.45, 7) is 12.0. The van der Waals surface area contributed by atoms with E-state index in [1.54, 1.807) is 69.3 Å². The molecule has 2 aromatic carbocycles. The van der Waals surface area contributed by atoms with Crippen molar-refractivity contribution in [2.75, 3.05) is 0 Å². The van der Waals surface area contributed by atoms with Crippen molar-refractivity contribution in [3.05, 3.63) is 420 Å². The van der Waals surface area contributed by atoms with E-state index in [9.17, 15) is 24.0 Å². The van der Waals surface area contributed by atoms with Gasteiger partial charge in [0, 0.05) is 136 Å². The Bertz CT molecular complexity index is 6620. The van der Waals surface area contributed by atoms with Crippen molar-refractivity contribution in [2.24, 2.45) is 23.7 Å². The fourth-order valence-corrected chi connectivity index (χ4v) is 19.1. The van der Waals surface area contributed by atoms with Crippen LogP contribution in [-0.4, -0.2) is 140 Å². The van der Waals surface area contributed by atoms with E-state index in [4.69, 9.17) is 10.5 Å². The van der Waals surface area contributed by atoms with Gasteiger partial charge in [0.15, 0.2) is 17.9 Å². The van der Waals surface area contributed by atoms with E-state index in [0.717, 1.165) is 178 Å². The number of aryl methyl sites for hydroxylation is 15. The number of rotatable bonds is 12. The Kier molecular flexibility index (Phi) is 39.6. The number of aldehydes is 2. The van der Waals surface area contributed by atoms with E-state index in [0.29, 0.717) is 53.4 Å². The molecule has 0 aliphatic heterocycles. The number of carbonyl (C=O) groups excluding carboxylic acids is 5. The second-order valence-corrected chi connectivity index (χ2v) is 37.1. The maximum atomic E-state index is 12.4. The summed E-state index contributed by atoms with van der Waals surface area (Å²) < 4.78 is 0. The summed E-state index contributed by atoms with van der Waals surface area (Å²) >= 11 is 0. The SMILES string of the molecule is C(=C1CCCc2cccnc21)c1ccccc1.Cc1[nH]cnc1/C=C1\CCc2cccnc2C1=O.Cc1[nH]cnc1C=O.Cc1[nH]cnc1CC1CCc2cccnc2C1.Cc1[nH]cnc1CC1CCc2cccnc2C1.Cc1[nH]cnc1CC1CCc2cccnc2C1.Cc1[nH]cnc1CC1CCc2cccnc2C1=O.O=C1CCCc2cccnc21.O=Cc1ccccc1.OOO.c1cnc2c(c1)CCCC2. The van der Waals surface area contributed by atoms with Crippen molar-refractivity contribution in [3.8, 4) is 0 Å². The summed E-state index contributed by atoms with van der Waals surface area (Å²) in [6, 6.07) is 52.4. The van der Waals surface area contributed by atoms with E-state index in [-0.39, 0.29) is 23.3 Å². The summed E-state index contributed by atoms with van der Waals surface area (Å²) in [6.07, 6.45) is 59.7. The minimum Gasteiger partial charge on any atom is -0.348 e. The number of nitrogens with zero attached hydrogens (tertiary/aromatic N) is 14. The molecule has 28 nitrogen and oxygen atoms in total. The van der Waals surface area contributed by atoms with Gasteiger partial charge in [0.1, 0.15) is 29.1 Å². The van der Waals surface area contributed by atoms with Gasteiger partial charge in [-0.2, -0.15) is 0 Å². The molecule has 16 aromatic rings. The summed E-state index contributed by atoms with van der Waals surface area (Å²) in [5.74, 6) is 2.50. The molecule has 0 bridgehead atoms. The maximum absolute atomic E-state index is 12.4. The number of allylic oxidation sites excluding steroid dienone is 2. The average Bonchev–Trinajstić information content (AvgIpc) is 1.07. The normalized spacial score (nSPS) is 16.7. The fraction of sp³-hybridized carbons (Fsp3) is 0.319. The zero-order valence-corrected chi connectivity index (χ0v) is 82.9. The van der Waals surface area contributed by atoms with E-state index < -0.39 is 0 Å². The maximum Gasteiger partial charge on any atom is 0.207 e. The van der Waals surface area contributed by atoms with E-state index in [2.05, 4.69) is 192 Å². The van der Waals surface area contributed by atoms with Gasteiger partial charge in [0.05, 0.1) is 72.1 Å². The van der Waals surface area contributed by atoms with Crippen molar-refractivity contribution in [2.45, 2.75) is 215 Å². The second-order valence-electron chi connectivity index (χ2n) is 37.1. The molecule has 0 fully saturated rings. The Morgan fingerprint density at radius 3 is 1.08 bits per heavy atom. The molecule has 8 N–H and O–H groups in total. The molecule has 24 rings (SSSR count). The third-order valence-electron chi connectivity index (χ3n) is 27.2. The van der Waals surface area contributed by atoms with E-state index >= 15 is 0 Å². The van der Waals surface area contributed by atoms with Crippen LogP contribution in [0.4, 0.5) is 0 Å². The van der Waals surface area contributed by atoms with Crippen LogP contribution in [0, 0.1) is 65.2 Å².